The number of carbonyl (C=O) groups excluding carboxylic acids is 1. The van der Waals surface area contributed by atoms with Gasteiger partial charge in [-0.25, -0.2) is 0 Å². The number of nitrogens with one attached hydrogen (secondary N) is 1. The van der Waals surface area contributed by atoms with E-state index in [0.29, 0.717) is 18.7 Å². The fourth-order valence-corrected chi connectivity index (χ4v) is 1.44. The quantitative estimate of drug-likeness (QED) is 0.758. The number of pyridine rings is 1. The van der Waals surface area contributed by atoms with Gasteiger partial charge in [-0.2, -0.15) is 0 Å². The summed E-state index contributed by atoms with van der Waals surface area (Å²) in [5.74, 6) is -0.215. The van der Waals surface area contributed by atoms with E-state index in [1.165, 1.54) is 7.11 Å². The first-order valence-electron chi connectivity index (χ1n) is 5.52. The number of amides is 1. The first-order valence-corrected chi connectivity index (χ1v) is 5.52. The molecule has 0 aromatic carbocycles. The van der Waals surface area contributed by atoms with E-state index in [4.69, 9.17) is 4.74 Å². The molecule has 0 radical (unpaired) electrons. The summed E-state index contributed by atoms with van der Waals surface area (Å²) < 4.78 is 4.79. The third kappa shape index (κ3) is 4.50. The van der Waals surface area contributed by atoms with Crippen LogP contribution in [0.15, 0.2) is 18.3 Å². The Labute approximate surface area is 101 Å². The van der Waals surface area contributed by atoms with Crippen LogP contribution in [-0.4, -0.2) is 42.4 Å². The zero-order valence-corrected chi connectivity index (χ0v) is 10.1. The highest BCUT2D eigenvalue weighted by Gasteiger charge is 2.10. The maximum absolute atomic E-state index is 11.7. The number of hydrogen-bond donors (Lipinski definition) is 2. The Bertz CT molecular complexity index is 369. The summed E-state index contributed by atoms with van der Waals surface area (Å²) >= 11 is 0. The van der Waals surface area contributed by atoms with Crippen LogP contribution >= 0.6 is 0 Å². The van der Waals surface area contributed by atoms with Crippen molar-refractivity contribution in [1.82, 2.24) is 10.3 Å². The monoisotopic (exact) mass is 238 g/mol. The first-order chi connectivity index (χ1) is 8.15. The molecule has 1 aromatic heterocycles. The van der Waals surface area contributed by atoms with Crippen molar-refractivity contribution in [2.75, 3.05) is 20.3 Å². The fraction of sp³-hybridized carbons (Fsp3) is 0.500. The Kier molecular flexibility index (Phi) is 5.59. The van der Waals surface area contributed by atoms with Crippen LogP contribution < -0.4 is 5.32 Å². The van der Waals surface area contributed by atoms with Crippen molar-refractivity contribution in [2.24, 2.45) is 0 Å². The minimum Gasteiger partial charge on any atom is -0.391 e. The third-order valence-corrected chi connectivity index (χ3v) is 2.35. The summed E-state index contributed by atoms with van der Waals surface area (Å²) in [6.45, 7) is 2.51. The molecule has 0 spiro atoms. The van der Waals surface area contributed by atoms with E-state index < -0.39 is 6.10 Å². The van der Waals surface area contributed by atoms with Crippen LogP contribution in [0.25, 0.3) is 0 Å². The molecular formula is C12H18N2O3. The van der Waals surface area contributed by atoms with Crippen molar-refractivity contribution >= 4 is 5.91 Å². The number of rotatable bonds is 6. The summed E-state index contributed by atoms with van der Waals surface area (Å²) in [7, 11) is 1.53. The van der Waals surface area contributed by atoms with Gasteiger partial charge < -0.3 is 15.2 Å². The highest BCUT2D eigenvalue weighted by atomic mass is 16.5. The molecule has 0 aliphatic heterocycles. The molecule has 94 valence electrons. The second-order valence-corrected chi connectivity index (χ2v) is 3.82. The van der Waals surface area contributed by atoms with Gasteiger partial charge in [0, 0.05) is 19.9 Å². The minimum absolute atomic E-state index is 0.215. The number of hydrogen-bond acceptors (Lipinski definition) is 4. The number of methoxy groups -OCH3 is 1. The number of aryl methyl sites for hydroxylation is 1. The van der Waals surface area contributed by atoms with Crippen LogP contribution in [0.3, 0.4) is 0 Å². The van der Waals surface area contributed by atoms with Gasteiger partial charge in [-0.05, 0) is 25.0 Å². The average Bonchev–Trinajstić information content (AvgIpc) is 2.29. The molecule has 0 saturated carbocycles. The predicted octanol–water partition coefficient (Wildman–Crippen LogP) is 0.517. The van der Waals surface area contributed by atoms with E-state index in [0.717, 1.165) is 5.56 Å². The molecule has 0 fully saturated rings. The van der Waals surface area contributed by atoms with Crippen molar-refractivity contribution in [3.8, 4) is 0 Å². The lowest BCUT2D eigenvalue weighted by molar-refractivity contribution is 0.0587. The lowest BCUT2D eigenvalue weighted by Gasteiger charge is -2.10. The number of ether oxygens (including phenoxy) is 1. The van der Waals surface area contributed by atoms with Crippen molar-refractivity contribution < 1.29 is 14.6 Å². The highest BCUT2D eigenvalue weighted by molar-refractivity contribution is 5.93. The van der Waals surface area contributed by atoms with Crippen LogP contribution in [-0.2, 0) is 4.74 Å². The van der Waals surface area contributed by atoms with Crippen LogP contribution in [0.1, 0.15) is 22.5 Å². The molecular weight excluding hydrogens is 220 g/mol. The molecule has 5 heteroatoms. The van der Waals surface area contributed by atoms with E-state index in [2.05, 4.69) is 10.3 Å². The van der Waals surface area contributed by atoms with Gasteiger partial charge in [0.05, 0.1) is 12.7 Å². The second-order valence-electron chi connectivity index (χ2n) is 3.82. The molecule has 1 rings (SSSR count). The Morgan fingerprint density at radius 3 is 3.06 bits per heavy atom. The first kappa shape index (κ1) is 13.6. The number of aliphatic hydroxyl groups excluding tert-OH is 1. The molecule has 2 N–H and O–H groups in total. The SMILES string of the molecule is COCC(O)CCNC(=O)c1ncccc1C. The molecule has 17 heavy (non-hydrogen) atoms. The van der Waals surface area contributed by atoms with Gasteiger partial charge in [-0.15, -0.1) is 0 Å². The standard InChI is InChI=1S/C12H18N2O3/c1-9-4-3-6-13-11(9)12(16)14-7-5-10(15)8-17-2/h3-4,6,10,15H,5,7-8H2,1-2H3,(H,14,16). The van der Waals surface area contributed by atoms with Gasteiger partial charge in [-0.3, -0.25) is 9.78 Å². The van der Waals surface area contributed by atoms with Crippen molar-refractivity contribution in [1.29, 1.82) is 0 Å². The average molecular weight is 238 g/mol. The molecule has 5 nitrogen and oxygen atoms in total. The lowest BCUT2D eigenvalue weighted by atomic mass is 10.2. The summed E-state index contributed by atoms with van der Waals surface area (Å²) in [6.07, 6.45) is 1.50. The number of aliphatic hydroxyl groups is 1. The topological polar surface area (TPSA) is 71.5 Å². The Balaban J connectivity index is 2.38. The third-order valence-electron chi connectivity index (χ3n) is 2.35. The smallest absolute Gasteiger partial charge is 0.270 e. The largest absolute Gasteiger partial charge is 0.391 e. The number of nitrogens with zero attached hydrogens (tertiary/aromatic N) is 1. The molecule has 1 heterocycles. The zero-order chi connectivity index (χ0) is 12.7. The summed E-state index contributed by atoms with van der Waals surface area (Å²) in [5, 5.41) is 12.1. The van der Waals surface area contributed by atoms with E-state index in [1.807, 2.05) is 13.0 Å². The van der Waals surface area contributed by atoms with Crippen molar-refractivity contribution in [3.05, 3.63) is 29.6 Å². The molecule has 1 atom stereocenters. The lowest BCUT2D eigenvalue weighted by Crippen LogP contribution is -2.29. The van der Waals surface area contributed by atoms with Gasteiger partial charge in [0.2, 0.25) is 0 Å². The summed E-state index contributed by atoms with van der Waals surface area (Å²) in [5.41, 5.74) is 1.26. The van der Waals surface area contributed by atoms with E-state index in [-0.39, 0.29) is 12.5 Å². The summed E-state index contributed by atoms with van der Waals surface area (Å²) in [6, 6.07) is 3.62. The number of aromatic nitrogens is 1. The van der Waals surface area contributed by atoms with Crippen LogP contribution in [0, 0.1) is 6.92 Å². The minimum atomic E-state index is -0.551. The normalized spacial score (nSPS) is 12.2. The van der Waals surface area contributed by atoms with Crippen molar-refractivity contribution in [2.45, 2.75) is 19.4 Å². The molecule has 1 unspecified atom stereocenters. The van der Waals surface area contributed by atoms with Gasteiger partial charge in [0.25, 0.3) is 5.91 Å². The highest BCUT2D eigenvalue weighted by Crippen LogP contribution is 2.02. The molecule has 1 aromatic rings. The molecule has 0 saturated heterocycles. The van der Waals surface area contributed by atoms with Gasteiger partial charge in [0.1, 0.15) is 5.69 Å². The maximum atomic E-state index is 11.7. The molecule has 0 bridgehead atoms. The van der Waals surface area contributed by atoms with Crippen LogP contribution in [0.4, 0.5) is 0 Å². The van der Waals surface area contributed by atoms with Gasteiger partial charge in [-0.1, -0.05) is 6.07 Å². The Morgan fingerprint density at radius 1 is 1.65 bits per heavy atom. The van der Waals surface area contributed by atoms with Crippen molar-refractivity contribution in [3.63, 3.8) is 0 Å². The van der Waals surface area contributed by atoms with E-state index >= 15 is 0 Å². The predicted molar refractivity (Wildman–Crippen MR) is 63.8 cm³/mol. The number of carbonyl (C=O) groups is 1. The zero-order valence-electron chi connectivity index (χ0n) is 10.1. The Morgan fingerprint density at radius 2 is 2.41 bits per heavy atom. The maximum Gasteiger partial charge on any atom is 0.270 e. The molecule has 0 aliphatic rings. The Hall–Kier alpha value is -1.46. The van der Waals surface area contributed by atoms with Crippen LogP contribution in [0.2, 0.25) is 0 Å². The van der Waals surface area contributed by atoms with Gasteiger partial charge >= 0.3 is 0 Å². The second kappa shape index (κ2) is 6.98. The fourth-order valence-electron chi connectivity index (χ4n) is 1.44. The van der Waals surface area contributed by atoms with E-state index in [9.17, 15) is 9.90 Å². The van der Waals surface area contributed by atoms with Crippen LogP contribution in [0.5, 0.6) is 0 Å². The summed E-state index contributed by atoms with van der Waals surface area (Å²) in [4.78, 5) is 15.7. The van der Waals surface area contributed by atoms with E-state index in [1.54, 1.807) is 12.3 Å². The molecule has 1 amide bonds. The molecule has 0 aliphatic carbocycles. The van der Waals surface area contributed by atoms with Gasteiger partial charge in [0.15, 0.2) is 0 Å².